The van der Waals surface area contributed by atoms with Gasteiger partial charge in [-0.1, -0.05) is 176 Å². The smallest absolute Gasteiger partial charge is 0.377 e. The molecule has 1 unspecified atom stereocenters. The van der Waals surface area contributed by atoms with Crippen molar-refractivity contribution in [3.8, 4) is 17.4 Å². The molecule has 6 amide bonds. The molecule has 482 valence electrons. The highest BCUT2D eigenvalue weighted by Gasteiger charge is 2.33. The van der Waals surface area contributed by atoms with Crippen molar-refractivity contribution < 1.29 is 46.6 Å². The number of ether oxygens (including phenoxy) is 3. The fourth-order valence-corrected chi connectivity index (χ4v) is 10.4. The molecule has 5 aromatic carbocycles. The predicted octanol–water partition coefficient (Wildman–Crippen LogP) is 11.5. The largest absolute Gasteiger partial charge is 0.481 e. The number of aryl methyl sites for hydroxylation is 1. The number of benzene rings is 5. The van der Waals surface area contributed by atoms with Gasteiger partial charge in [-0.15, -0.1) is 4.68 Å². The Kier molecular flexibility index (Phi) is 26.6. The summed E-state index contributed by atoms with van der Waals surface area (Å²) in [6, 6.07) is 40.3. The molecule has 8 rings (SSSR count). The van der Waals surface area contributed by atoms with Crippen LogP contribution in [-0.4, -0.2) is 112 Å². The number of aromatic nitrogens is 6. The molecule has 1 saturated carbocycles. The molecule has 0 aliphatic heterocycles. The summed E-state index contributed by atoms with van der Waals surface area (Å²) in [6.07, 6.45) is 5.34. The molecule has 90 heavy (non-hydrogen) atoms. The number of carbonyl (C=O) groups excluding carboxylic acids is 5. The fraction of sp³-hybridized carbons (Fsp3) is 0.375. The van der Waals surface area contributed by atoms with E-state index < -0.39 is 45.0 Å². The second kappa shape index (κ2) is 33.2. The molecule has 26 heteroatoms. The van der Waals surface area contributed by atoms with E-state index >= 15 is 0 Å². The molecule has 1 fully saturated rings. The third-order valence-corrected chi connectivity index (χ3v) is 17.2. The van der Waals surface area contributed by atoms with Gasteiger partial charge in [0.1, 0.15) is 0 Å². The number of halogens is 2. The Bertz CT molecular complexity index is 3670. The first kappa shape index (κ1) is 72.1. The number of hydrogen-bond acceptors (Lipinski definition) is 15. The summed E-state index contributed by atoms with van der Waals surface area (Å²) >= 11 is 9.58. The Morgan fingerprint density at radius 3 is 1.77 bits per heavy atom. The zero-order valence-corrected chi connectivity index (χ0v) is 55.8. The van der Waals surface area contributed by atoms with Gasteiger partial charge in [-0.3, -0.25) is 10.1 Å². The fourth-order valence-electron chi connectivity index (χ4n) is 9.04. The minimum atomic E-state index is -4.14. The van der Waals surface area contributed by atoms with E-state index in [9.17, 15) is 37.2 Å². The lowest BCUT2D eigenvalue weighted by atomic mass is 9.89. The number of esters is 1. The number of alkyl halides is 1. The van der Waals surface area contributed by atoms with Crippen molar-refractivity contribution in [2.24, 2.45) is 5.41 Å². The van der Waals surface area contributed by atoms with Gasteiger partial charge in [-0.05, 0) is 117 Å². The molecular formula is C64H80BrClN12O11S. The Morgan fingerprint density at radius 1 is 0.700 bits per heavy atom. The van der Waals surface area contributed by atoms with Gasteiger partial charge >= 0.3 is 29.8 Å². The van der Waals surface area contributed by atoms with Gasteiger partial charge in [-0.2, -0.15) is 14.6 Å². The van der Waals surface area contributed by atoms with E-state index in [4.69, 9.17) is 21.1 Å². The summed E-state index contributed by atoms with van der Waals surface area (Å²) in [4.78, 5) is 82.6. The second-order valence-electron chi connectivity index (χ2n) is 22.8. The Labute approximate surface area is 539 Å². The van der Waals surface area contributed by atoms with Gasteiger partial charge in [0.25, 0.3) is 0 Å². The Hall–Kier alpha value is -8.68. The molecule has 1 aliphatic rings. The van der Waals surface area contributed by atoms with E-state index in [1.807, 2.05) is 152 Å². The Balaban J connectivity index is 0.000000221. The van der Waals surface area contributed by atoms with Crippen molar-refractivity contribution in [1.29, 1.82) is 0 Å². The predicted molar refractivity (Wildman–Crippen MR) is 351 cm³/mol. The van der Waals surface area contributed by atoms with Crippen LogP contribution in [0.2, 0.25) is 5.02 Å². The van der Waals surface area contributed by atoms with E-state index in [-0.39, 0.29) is 62.6 Å². The number of carbonyl (C=O) groups is 5. The van der Waals surface area contributed by atoms with Crippen LogP contribution >= 0.6 is 27.5 Å². The normalized spacial score (nSPS) is 12.7. The zero-order valence-electron chi connectivity index (χ0n) is 52.7. The molecule has 2 heterocycles. The number of hydrogen-bond donors (Lipinski definition) is 5. The number of methoxy groups -OCH3 is 3. The first-order valence-electron chi connectivity index (χ1n) is 28.8. The number of urea groups is 2. The maximum Gasteiger partial charge on any atom is 0.377 e. The highest BCUT2D eigenvalue weighted by molar-refractivity contribution is 9.10. The number of tetrazole rings is 1. The zero-order chi connectivity index (χ0) is 66.4. The number of anilines is 2. The molecule has 0 bridgehead atoms. The molecule has 0 radical (unpaired) electrons. The van der Waals surface area contributed by atoms with Gasteiger partial charge in [0.2, 0.25) is 33.6 Å². The number of nitrogens with one attached hydrogen (secondary N) is 5. The van der Waals surface area contributed by atoms with Gasteiger partial charge in [0.05, 0.1) is 65.3 Å². The van der Waals surface area contributed by atoms with Gasteiger partial charge < -0.3 is 35.1 Å². The number of nitrogens with zero attached hydrogens (tertiary/aromatic N) is 7. The second-order valence-corrected chi connectivity index (χ2v) is 25.8. The topological polar surface area (TPSA) is 289 Å². The average Bonchev–Trinajstić information content (AvgIpc) is 1.69. The molecule has 0 spiro atoms. The lowest BCUT2D eigenvalue weighted by molar-refractivity contribution is -0.123. The number of amides is 6. The van der Waals surface area contributed by atoms with Gasteiger partial charge in [0.15, 0.2) is 0 Å². The van der Waals surface area contributed by atoms with Crippen molar-refractivity contribution in [2.45, 2.75) is 122 Å². The lowest BCUT2D eigenvalue weighted by Gasteiger charge is -2.32. The third-order valence-electron chi connectivity index (χ3n) is 13.9. The SMILES string of the molecule is CC(C)(NC(=O)C(Br)C(C)(C)C)c1ccccc1.CCN(C(=O)n1nnn(-c2ccccc2Cl)c1=O)C1CCCCC1.COC(=O)c1ccccc1CS(=O)(=O)NC(=O)Nc1nc(OC)cc(OC)n1.Cc1ccc(NC(=O)NC(C)(C)c2ccccc2)cc1. The molecule has 2 aromatic heterocycles. The van der Waals surface area contributed by atoms with E-state index in [1.165, 1.54) is 51.5 Å². The highest BCUT2D eigenvalue weighted by atomic mass is 79.9. The highest BCUT2D eigenvalue weighted by Crippen LogP contribution is 2.29. The van der Waals surface area contributed by atoms with Crippen LogP contribution in [0.1, 0.15) is 120 Å². The molecule has 0 saturated heterocycles. The molecule has 7 aromatic rings. The number of para-hydroxylation sites is 1. The summed E-state index contributed by atoms with van der Waals surface area (Å²) in [5.41, 5.74) is 3.29. The van der Waals surface area contributed by atoms with Crippen molar-refractivity contribution in [3.63, 3.8) is 0 Å². The molecule has 1 aliphatic carbocycles. The van der Waals surface area contributed by atoms with Crippen LogP contribution in [0.25, 0.3) is 5.69 Å². The summed E-state index contributed by atoms with van der Waals surface area (Å²) in [5.74, 6) is -1.29. The van der Waals surface area contributed by atoms with Crippen molar-refractivity contribution in [2.75, 3.05) is 38.5 Å². The lowest BCUT2D eigenvalue weighted by Crippen LogP contribution is -2.47. The average molecular weight is 1340 g/mol. The minimum absolute atomic E-state index is 0.0244. The van der Waals surface area contributed by atoms with Gasteiger partial charge in [-0.25, -0.2) is 37.1 Å². The third kappa shape index (κ3) is 21.5. The van der Waals surface area contributed by atoms with E-state index in [2.05, 4.69) is 62.3 Å². The van der Waals surface area contributed by atoms with Gasteiger partial charge in [0, 0.05) is 18.3 Å². The van der Waals surface area contributed by atoms with Crippen molar-refractivity contribution in [1.82, 2.24) is 50.0 Å². The van der Waals surface area contributed by atoms with Crippen LogP contribution < -0.4 is 41.2 Å². The Morgan fingerprint density at radius 2 is 1.23 bits per heavy atom. The van der Waals surface area contributed by atoms with Crippen molar-refractivity contribution in [3.05, 3.63) is 183 Å². The first-order valence-corrected chi connectivity index (χ1v) is 31.8. The maximum absolute atomic E-state index is 12.8. The number of sulfonamides is 1. The van der Waals surface area contributed by atoms with Crippen LogP contribution in [0.3, 0.4) is 0 Å². The maximum atomic E-state index is 12.8. The standard InChI is InChI=1S/C17H20N2O.C16H20ClN5O2.C16H18N4O7S.C15H22BrNO/c1-13-9-11-15(12-10-13)18-16(20)19-17(2,3)14-7-5-4-6-8-14;1-2-20(12-8-4-3-5-9-12)15(23)22-16(24)21(18-19-22)14-11-7-6-10-13(14)17;1-25-12-8-13(26-2)18-15(17-12)19-16(22)20-28(23,24)9-10-6-4-5-7-11(10)14(21)27-3;1-14(2,3)12(16)13(18)17-15(4,5)11-9-7-6-8-10-11/h4-12H,1-3H3,(H2,18,19,20);6-7,10-12H,2-5,8-9H2,1H3;4-8H,9H2,1-3H3,(H2,17,18,19,20,22);6-10,12H,1-5H3,(H,17,18). The quantitative estimate of drug-likeness (QED) is 0.0341. The summed E-state index contributed by atoms with van der Waals surface area (Å²) in [6.45, 7) is 18.6. The molecule has 1 atom stereocenters. The molecule has 23 nitrogen and oxygen atoms in total. The summed E-state index contributed by atoms with van der Waals surface area (Å²) in [5, 5.41) is 19.1. The van der Waals surface area contributed by atoms with E-state index in [0.717, 1.165) is 51.9 Å². The van der Waals surface area contributed by atoms with Crippen LogP contribution in [0.15, 0.2) is 144 Å². The summed E-state index contributed by atoms with van der Waals surface area (Å²) in [7, 11) is -0.243. The van der Waals surface area contributed by atoms with Crippen LogP contribution in [-0.2, 0) is 36.4 Å². The van der Waals surface area contributed by atoms with Crippen LogP contribution in [0.5, 0.6) is 11.8 Å². The van der Waals surface area contributed by atoms with E-state index in [1.54, 1.807) is 41.3 Å². The molecular weight excluding hydrogens is 1260 g/mol. The molecule has 5 N–H and O–H groups in total. The van der Waals surface area contributed by atoms with Crippen LogP contribution in [0, 0.1) is 12.3 Å². The van der Waals surface area contributed by atoms with E-state index in [0.29, 0.717) is 17.3 Å². The first-order chi connectivity index (χ1) is 42.5. The number of rotatable bonds is 16. The van der Waals surface area contributed by atoms with Crippen molar-refractivity contribution >= 4 is 79.2 Å². The van der Waals surface area contributed by atoms with Crippen LogP contribution in [0.4, 0.5) is 26.0 Å². The monoisotopic (exact) mass is 1340 g/mol. The summed E-state index contributed by atoms with van der Waals surface area (Å²) < 4.78 is 42.8. The minimum Gasteiger partial charge on any atom is -0.481 e.